The fourth-order valence-electron chi connectivity index (χ4n) is 2.75. The summed E-state index contributed by atoms with van der Waals surface area (Å²) in [5.41, 5.74) is -1.03. The molecule has 0 aliphatic carbocycles. The molecule has 1 aliphatic rings. The molecule has 0 saturated carbocycles. The van der Waals surface area contributed by atoms with Gasteiger partial charge in [0.2, 0.25) is 0 Å². The van der Waals surface area contributed by atoms with E-state index in [2.05, 4.69) is 0 Å². The van der Waals surface area contributed by atoms with Crippen LogP contribution in [-0.2, 0) is 0 Å². The molecular weight excluding hydrogens is 359 g/mol. The van der Waals surface area contributed by atoms with Crippen LogP contribution in [0.15, 0.2) is 35.2 Å². The molecule has 132 valence electrons. The van der Waals surface area contributed by atoms with Crippen molar-refractivity contribution in [2.24, 2.45) is 0 Å². The molecule has 1 atom stereocenters. The number of alkyl halides is 2. The van der Waals surface area contributed by atoms with Gasteiger partial charge in [-0.3, -0.25) is 9.11 Å². The van der Waals surface area contributed by atoms with Gasteiger partial charge in [-0.15, -0.1) is 0 Å². The second-order valence-corrected chi connectivity index (χ2v) is 7.54. The van der Waals surface area contributed by atoms with E-state index in [4.69, 9.17) is 10.00 Å². The van der Waals surface area contributed by atoms with E-state index in [-0.39, 0.29) is 27.5 Å². The van der Waals surface area contributed by atoms with Crippen LogP contribution in [0.5, 0.6) is 11.5 Å². The number of fused-ring (bicyclic) bond motifs is 1. The quantitative estimate of drug-likeness (QED) is 0.734. The fraction of sp³-hybridized carbons (Fsp3) is 0.188. The summed E-state index contributed by atoms with van der Waals surface area (Å²) < 4.78 is 65.7. The molecule has 9 heteroatoms. The van der Waals surface area contributed by atoms with Gasteiger partial charge in [0, 0.05) is 11.6 Å². The van der Waals surface area contributed by atoms with E-state index < -0.39 is 40.3 Å². The predicted octanol–water partition coefficient (Wildman–Crippen LogP) is 4.58. The Morgan fingerprint density at radius 2 is 1.96 bits per heavy atom. The topological polar surface area (TPSA) is 93.7 Å². The number of hydrogen-bond acceptors (Lipinski definition) is 5. The van der Waals surface area contributed by atoms with Gasteiger partial charge >= 0.3 is 0 Å². The third-order valence-electron chi connectivity index (χ3n) is 3.73. The first kappa shape index (κ1) is 17.6. The number of aliphatic hydroxyl groups is 1. The lowest BCUT2D eigenvalue weighted by Crippen LogP contribution is -2.03. The maximum absolute atomic E-state index is 13.6. The summed E-state index contributed by atoms with van der Waals surface area (Å²) in [6.07, 6.45) is -4.55. The largest absolute Gasteiger partial charge is 0.457 e. The first-order valence-electron chi connectivity index (χ1n) is 7.00. The predicted molar refractivity (Wildman–Crippen MR) is 83.5 cm³/mol. The Balaban J connectivity index is 2.11. The zero-order chi connectivity index (χ0) is 18.4. The van der Waals surface area contributed by atoms with Gasteiger partial charge in [-0.25, -0.2) is 13.2 Å². The molecule has 1 heterocycles. The van der Waals surface area contributed by atoms with Crippen LogP contribution < -0.4 is 4.74 Å². The molecule has 2 aromatic carbocycles. The van der Waals surface area contributed by atoms with Crippen molar-refractivity contribution in [1.82, 2.24) is 0 Å². The molecule has 0 fully saturated rings. The Morgan fingerprint density at radius 1 is 1.24 bits per heavy atom. The van der Waals surface area contributed by atoms with Crippen molar-refractivity contribution in [1.29, 1.82) is 5.26 Å². The second kappa shape index (κ2) is 6.24. The van der Waals surface area contributed by atoms with Crippen molar-refractivity contribution in [3.8, 4) is 17.6 Å². The number of aliphatic hydroxyl groups excluding tert-OH is 1. The molecule has 1 unspecified atom stereocenters. The standard InChI is InChI=1S/C16H12F3NO4S/c17-9-3-8(6-20)4-10(5-9)24-12-1-2-13-14(15(12)16(18)19)11(21)7-25(13,22)23/h1-5,11,16,21-23H,7H2. The third kappa shape index (κ3) is 3.17. The van der Waals surface area contributed by atoms with E-state index in [1.807, 2.05) is 0 Å². The van der Waals surface area contributed by atoms with E-state index in [1.54, 1.807) is 6.07 Å². The number of halogens is 3. The van der Waals surface area contributed by atoms with E-state index in [9.17, 15) is 27.4 Å². The van der Waals surface area contributed by atoms with Gasteiger partial charge in [0.15, 0.2) is 0 Å². The summed E-state index contributed by atoms with van der Waals surface area (Å²) in [6, 6.07) is 7.07. The Morgan fingerprint density at radius 3 is 2.60 bits per heavy atom. The smallest absolute Gasteiger partial charge is 0.267 e. The number of hydrogen-bond donors (Lipinski definition) is 3. The highest BCUT2D eigenvalue weighted by molar-refractivity contribution is 8.24. The summed E-state index contributed by atoms with van der Waals surface area (Å²) >= 11 is 0. The highest BCUT2D eigenvalue weighted by Gasteiger charge is 2.39. The summed E-state index contributed by atoms with van der Waals surface area (Å²) in [6.45, 7) is 0. The molecule has 2 aromatic rings. The molecule has 0 saturated heterocycles. The first-order valence-corrected chi connectivity index (χ1v) is 8.72. The van der Waals surface area contributed by atoms with Crippen molar-refractivity contribution in [2.75, 3.05) is 5.75 Å². The molecule has 0 amide bonds. The normalized spacial score (nSPS) is 19.4. The van der Waals surface area contributed by atoms with Crippen molar-refractivity contribution in [3.05, 3.63) is 52.8 Å². The summed E-state index contributed by atoms with van der Waals surface area (Å²) in [5.74, 6) is -1.77. The van der Waals surface area contributed by atoms with Crippen molar-refractivity contribution >= 4 is 10.6 Å². The highest BCUT2D eigenvalue weighted by atomic mass is 32.3. The van der Waals surface area contributed by atoms with Crippen LogP contribution in [0.1, 0.15) is 29.2 Å². The molecule has 1 aliphatic heterocycles. The molecule has 0 bridgehead atoms. The van der Waals surface area contributed by atoms with Gasteiger partial charge in [0.05, 0.1) is 33.9 Å². The summed E-state index contributed by atoms with van der Waals surface area (Å²) in [7, 11) is -3.36. The number of ether oxygens (including phenoxy) is 1. The average molecular weight is 371 g/mol. The van der Waals surface area contributed by atoms with Crippen LogP contribution in [0.3, 0.4) is 0 Å². The van der Waals surface area contributed by atoms with Crippen LogP contribution >= 0.6 is 10.6 Å². The Hall–Kier alpha value is -2.25. The van der Waals surface area contributed by atoms with Crippen LogP contribution in [0.4, 0.5) is 13.2 Å². The van der Waals surface area contributed by atoms with Crippen molar-refractivity contribution in [2.45, 2.75) is 17.4 Å². The van der Waals surface area contributed by atoms with E-state index >= 15 is 0 Å². The lowest BCUT2D eigenvalue weighted by molar-refractivity contribution is 0.137. The highest BCUT2D eigenvalue weighted by Crippen LogP contribution is 2.61. The van der Waals surface area contributed by atoms with Crippen LogP contribution in [0.2, 0.25) is 0 Å². The Kier molecular flexibility index (Phi) is 4.38. The van der Waals surface area contributed by atoms with Crippen molar-refractivity contribution in [3.63, 3.8) is 0 Å². The van der Waals surface area contributed by atoms with Gasteiger partial charge in [-0.05, 0) is 24.3 Å². The van der Waals surface area contributed by atoms with E-state index in [0.717, 1.165) is 18.2 Å². The minimum absolute atomic E-state index is 0.0519. The molecule has 25 heavy (non-hydrogen) atoms. The van der Waals surface area contributed by atoms with Crippen molar-refractivity contribution < 1.29 is 32.1 Å². The molecule has 3 N–H and O–H groups in total. The summed E-state index contributed by atoms with van der Waals surface area (Å²) in [5, 5.41) is 18.8. The molecule has 0 radical (unpaired) electrons. The zero-order valence-corrected chi connectivity index (χ0v) is 13.3. The summed E-state index contributed by atoms with van der Waals surface area (Å²) in [4.78, 5) is -0.153. The number of nitriles is 1. The van der Waals surface area contributed by atoms with Gasteiger partial charge < -0.3 is 9.84 Å². The zero-order valence-electron chi connectivity index (χ0n) is 12.5. The maximum atomic E-state index is 13.6. The average Bonchev–Trinajstić information content (AvgIpc) is 2.75. The molecule has 0 aromatic heterocycles. The SMILES string of the molecule is N#Cc1cc(F)cc(Oc2ccc3c(c2C(F)F)C(O)CS3(O)O)c1. The van der Waals surface area contributed by atoms with Crippen LogP contribution in [0.25, 0.3) is 0 Å². The lowest BCUT2D eigenvalue weighted by atomic mass is 10.0. The van der Waals surface area contributed by atoms with E-state index in [1.165, 1.54) is 12.1 Å². The fourth-order valence-corrected chi connectivity index (χ4v) is 4.42. The van der Waals surface area contributed by atoms with Gasteiger partial charge in [-0.2, -0.15) is 15.9 Å². The van der Waals surface area contributed by atoms with Gasteiger partial charge in [0.1, 0.15) is 17.3 Å². The Bertz CT molecular complexity index is 882. The van der Waals surface area contributed by atoms with Gasteiger partial charge in [-0.1, -0.05) is 0 Å². The minimum atomic E-state index is -3.36. The second-order valence-electron chi connectivity index (χ2n) is 5.43. The molecule has 5 nitrogen and oxygen atoms in total. The Labute approximate surface area is 142 Å². The number of benzene rings is 2. The number of rotatable bonds is 3. The molecule has 0 spiro atoms. The van der Waals surface area contributed by atoms with Gasteiger partial charge in [0.25, 0.3) is 6.43 Å². The molecule has 3 rings (SSSR count). The van der Waals surface area contributed by atoms with Crippen LogP contribution in [-0.4, -0.2) is 20.0 Å². The van der Waals surface area contributed by atoms with Crippen LogP contribution in [0, 0.1) is 17.1 Å². The third-order valence-corrected chi connectivity index (χ3v) is 5.57. The monoisotopic (exact) mass is 371 g/mol. The maximum Gasteiger partial charge on any atom is 0.267 e. The lowest BCUT2D eigenvalue weighted by Gasteiger charge is -2.27. The molecular formula is C16H12F3NO4S. The minimum Gasteiger partial charge on any atom is -0.457 e. The van der Waals surface area contributed by atoms with E-state index in [0.29, 0.717) is 0 Å². The first-order chi connectivity index (χ1) is 11.7. The number of nitrogens with zero attached hydrogens (tertiary/aromatic N) is 1.